The zero-order chi connectivity index (χ0) is 30.3. The number of nitrogens with zero attached hydrogens (tertiary/aromatic N) is 4. The van der Waals surface area contributed by atoms with E-state index in [-0.39, 0.29) is 69.2 Å². The second-order valence-corrected chi connectivity index (χ2v) is 13.0. The molecule has 44 heavy (non-hydrogen) atoms. The van der Waals surface area contributed by atoms with E-state index in [2.05, 4.69) is 10.3 Å². The van der Waals surface area contributed by atoms with Gasteiger partial charge in [0.25, 0.3) is 0 Å². The van der Waals surface area contributed by atoms with Crippen LogP contribution in [0.15, 0.2) is 90.0 Å². The van der Waals surface area contributed by atoms with Gasteiger partial charge in [-0.2, -0.15) is 4.31 Å². The smallest absolute Gasteiger partial charge is 0.250 e. The minimum Gasteiger partial charge on any atom is -0.454 e. The number of ether oxygens (including phenoxy) is 2. The van der Waals surface area contributed by atoms with Crippen molar-refractivity contribution in [3.63, 3.8) is 0 Å². The Morgan fingerprint density at radius 1 is 0.932 bits per heavy atom. The van der Waals surface area contributed by atoms with Gasteiger partial charge in [0.1, 0.15) is 17.0 Å². The summed E-state index contributed by atoms with van der Waals surface area (Å²) in [6.45, 7) is 0.876. The summed E-state index contributed by atoms with van der Waals surface area (Å²) in [4.78, 5) is 35.2. The van der Waals surface area contributed by atoms with Crippen molar-refractivity contribution in [1.29, 1.82) is 0 Å². The molecule has 1 spiro atoms. The molecule has 226 valence electrons. The highest BCUT2D eigenvalue weighted by Crippen LogP contribution is 2.41. The molecule has 1 N–H and O–H groups in total. The van der Waals surface area contributed by atoms with Crippen LogP contribution in [0.4, 0.5) is 5.69 Å². The van der Waals surface area contributed by atoms with Crippen molar-refractivity contribution < 1.29 is 27.5 Å². The van der Waals surface area contributed by atoms with Crippen LogP contribution in [0.25, 0.3) is 10.9 Å². The topological polar surface area (TPSA) is 121 Å². The summed E-state index contributed by atoms with van der Waals surface area (Å²) in [6, 6.07) is 23.8. The van der Waals surface area contributed by atoms with E-state index in [9.17, 15) is 18.0 Å². The second kappa shape index (κ2) is 11.1. The van der Waals surface area contributed by atoms with Gasteiger partial charge in [-0.15, -0.1) is 0 Å². The first-order valence-corrected chi connectivity index (χ1v) is 15.9. The molecule has 2 saturated heterocycles. The maximum absolute atomic E-state index is 14.1. The van der Waals surface area contributed by atoms with Gasteiger partial charge in [-0.1, -0.05) is 42.5 Å². The number of anilines is 1. The number of amides is 2. The highest BCUT2D eigenvalue weighted by Gasteiger charge is 2.55. The summed E-state index contributed by atoms with van der Waals surface area (Å²) in [7, 11) is -3.86. The van der Waals surface area contributed by atoms with E-state index in [0.717, 1.165) is 16.6 Å². The molecule has 0 bridgehead atoms. The van der Waals surface area contributed by atoms with Gasteiger partial charge in [0.05, 0.1) is 12.2 Å². The Morgan fingerprint density at radius 3 is 2.52 bits per heavy atom. The number of carbonyl (C=O) groups excluding carboxylic acids is 2. The van der Waals surface area contributed by atoms with Crippen LogP contribution in [0.3, 0.4) is 0 Å². The minimum absolute atomic E-state index is 0.113. The van der Waals surface area contributed by atoms with E-state index in [4.69, 9.17) is 9.47 Å². The van der Waals surface area contributed by atoms with Gasteiger partial charge in [-0.3, -0.25) is 14.6 Å². The van der Waals surface area contributed by atoms with Crippen molar-refractivity contribution in [2.45, 2.75) is 29.8 Å². The van der Waals surface area contributed by atoms with Gasteiger partial charge in [0, 0.05) is 36.9 Å². The van der Waals surface area contributed by atoms with E-state index < -0.39 is 15.6 Å². The molecule has 11 nitrogen and oxygen atoms in total. The van der Waals surface area contributed by atoms with Gasteiger partial charge in [-0.25, -0.2) is 8.42 Å². The van der Waals surface area contributed by atoms with Gasteiger partial charge < -0.3 is 24.6 Å². The molecule has 2 fully saturated rings. The number of para-hydroxylation sites is 2. The number of hydrogen-bond acceptors (Lipinski definition) is 8. The molecule has 7 rings (SSSR count). The number of carbonyl (C=O) groups is 2. The third-order valence-electron chi connectivity index (χ3n) is 8.61. The molecule has 0 radical (unpaired) electrons. The molecule has 2 amide bonds. The molecule has 0 atom stereocenters. The Morgan fingerprint density at radius 2 is 1.70 bits per heavy atom. The van der Waals surface area contributed by atoms with Crippen LogP contribution < -0.4 is 19.7 Å². The SMILES string of the molecule is O=C(CN1CN(c2ccccc2)C2(CCN(S(=O)(=O)c3cccc4cccnc34)CC2)C1=O)NCc1ccc2c(c1)OCO2. The number of pyridine rings is 1. The monoisotopic (exact) mass is 613 g/mol. The molecule has 1 aromatic heterocycles. The first-order valence-electron chi connectivity index (χ1n) is 14.5. The zero-order valence-electron chi connectivity index (χ0n) is 23.9. The number of fused-ring (bicyclic) bond motifs is 2. The molecule has 3 aromatic carbocycles. The number of sulfonamides is 1. The molecule has 0 aliphatic carbocycles. The molecular formula is C32H31N5O6S. The van der Waals surface area contributed by atoms with Gasteiger partial charge >= 0.3 is 0 Å². The third kappa shape index (κ3) is 4.89. The lowest BCUT2D eigenvalue weighted by Crippen LogP contribution is -2.57. The van der Waals surface area contributed by atoms with Crippen molar-refractivity contribution in [2.75, 3.05) is 38.0 Å². The van der Waals surface area contributed by atoms with E-state index in [0.29, 0.717) is 17.0 Å². The molecule has 3 aliphatic rings. The third-order valence-corrected chi connectivity index (χ3v) is 10.5. The van der Waals surface area contributed by atoms with Gasteiger partial charge in [0.2, 0.25) is 28.6 Å². The molecule has 0 unspecified atom stereocenters. The maximum atomic E-state index is 14.1. The highest BCUT2D eigenvalue weighted by molar-refractivity contribution is 7.89. The summed E-state index contributed by atoms with van der Waals surface area (Å²) < 4.78 is 39.8. The Hall–Kier alpha value is -4.68. The summed E-state index contributed by atoms with van der Waals surface area (Å²) in [5, 5.41) is 3.65. The first-order chi connectivity index (χ1) is 21.3. The van der Waals surface area contributed by atoms with Crippen molar-refractivity contribution in [3.05, 3.63) is 90.6 Å². The van der Waals surface area contributed by atoms with Crippen LogP contribution in [0, 0.1) is 0 Å². The van der Waals surface area contributed by atoms with Gasteiger partial charge in [0.15, 0.2) is 11.5 Å². The van der Waals surface area contributed by atoms with E-state index in [1.54, 1.807) is 35.4 Å². The van der Waals surface area contributed by atoms with Crippen LogP contribution in [-0.4, -0.2) is 73.1 Å². The molecule has 4 heterocycles. The lowest BCUT2D eigenvalue weighted by Gasteiger charge is -2.42. The fourth-order valence-corrected chi connectivity index (χ4v) is 7.93. The second-order valence-electron chi connectivity index (χ2n) is 11.1. The first kappa shape index (κ1) is 28.1. The van der Waals surface area contributed by atoms with Crippen molar-refractivity contribution in [1.82, 2.24) is 19.5 Å². The lowest BCUT2D eigenvalue weighted by atomic mass is 9.86. The van der Waals surface area contributed by atoms with Crippen LogP contribution in [-0.2, 0) is 26.2 Å². The van der Waals surface area contributed by atoms with Crippen molar-refractivity contribution in [2.24, 2.45) is 0 Å². The number of rotatable bonds is 7. The Bertz CT molecular complexity index is 1840. The Balaban J connectivity index is 1.08. The number of aromatic nitrogens is 1. The molecular weight excluding hydrogens is 582 g/mol. The van der Waals surface area contributed by atoms with Gasteiger partial charge in [-0.05, 0) is 54.8 Å². The van der Waals surface area contributed by atoms with E-state index in [1.165, 1.54) is 4.31 Å². The Labute approximate surface area is 255 Å². The predicted octanol–water partition coefficient (Wildman–Crippen LogP) is 3.11. The maximum Gasteiger partial charge on any atom is 0.250 e. The minimum atomic E-state index is -3.86. The summed E-state index contributed by atoms with van der Waals surface area (Å²) in [5.74, 6) is 0.840. The predicted molar refractivity (Wildman–Crippen MR) is 162 cm³/mol. The number of benzene rings is 3. The largest absolute Gasteiger partial charge is 0.454 e. The van der Waals surface area contributed by atoms with Crippen LogP contribution >= 0.6 is 0 Å². The van der Waals surface area contributed by atoms with Crippen molar-refractivity contribution >= 4 is 38.4 Å². The Kier molecular flexibility index (Phi) is 7.10. The average molecular weight is 614 g/mol. The van der Waals surface area contributed by atoms with Crippen molar-refractivity contribution in [3.8, 4) is 11.5 Å². The quantitative estimate of drug-likeness (QED) is 0.338. The molecule has 0 saturated carbocycles. The summed E-state index contributed by atoms with van der Waals surface area (Å²) in [5.41, 5.74) is 1.16. The lowest BCUT2D eigenvalue weighted by molar-refractivity contribution is -0.137. The average Bonchev–Trinajstić information content (AvgIpc) is 3.63. The normalized spacial score (nSPS) is 17.9. The standard InChI is InChI=1S/C32H31N5O6S/c38-29(34-19-23-11-12-26-27(18-23)43-22-42-26)20-35-21-37(25-8-2-1-3-9-25)32(31(35)39)13-16-36(17-14-32)44(40,41)28-10-4-6-24-7-5-15-33-30(24)28/h1-12,15,18H,13-14,16-17,19-22H2,(H,34,38). The van der Waals surface area contributed by atoms with Crippen LogP contribution in [0.5, 0.6) is 11.5 Å². The number of hydrogen-bond donors (Lipinski definition) is 1. The molecule has 3 aliphatic heterocycles. The van der Waals surface area contributed by atoms with E-state index >= 15 is 0 Å². The molecule has 12 heteroatoms. The van der Waals surface area contributed by atoms with Crippen LogP contribution in [0.2, 0.25) is 0 Å². The fourth-order valence-electron chi connectivity index (χ4n) is 6.32. The summed E-state index contributed by atoms with van der Waals surface area (Å²) >= 11 is 0. The summed E-state index contributed by atoms with van der Waals surface area (Å²) in [6.07, 6.45) is 2.16. The van der Waals surface area contributed by atoms with Crippen LogP contribution in [0.1, 0.15) is 18.4 Å². The number of piperidine rings is 1. The highest BCUT2D eigenvalue weighted by atomic mass is 32.2. The zero-order valence-corrected chi connectivity index (χ0v) is 24.7. The van der Waals surface area contributed by atoms with E-state index in [1.807, 2.05) is 59.5 Å². The molecule has 4 aromatic rings. The fraction of sp³-hybridized carbons (Fsp3) is 0.281. The number of nitrogens with one attached hydrogen (secondary N) is 1.